The zero-order valence-corrected chi connectivity index (χ0v) is 19.0. The van der Waals surface area contributed by atoms with E-state index in [0.717, 1.165) is 16.1 Å². The predicted octanol–water partition coefficient (Wildman–Crippen LogP) is 3.88. The predicted molar refractivity (Wildman–Crippen MR) is 122 cm³/mol. The van der Waals surface area contributed by atoms with Crippen LogP contribution in [0.1, 0.15) is 36.7 Å². The third kappa shape index (κ3) is 6.62. The number of nitrogens with one attached hydrogen (secondary N) is 1. The molecule has 0 radical (unpaired) electrons. The number of anilines is 1. The van der Waals surface area contributed by atoms with Crippen LogP contribution in [0.25, 0.3) is 0 Å². The highest BCUT2D eigenvalue weighted by atomic mass is 32.2. The molecule has 1 unspecified atom stereocenters. The molecule has 6 nitrogen and oxygen atoms in total. The molecule has 2 aromatic carbocycles. The van der Waals surface area contributed by atoms with E-state index in [2.05, 4.69) is 5.32 Å². The lowest BCUT2D eigenvalue weighted by atomic mass is 10.1. The van der Waals surface area contributed by atoms with Crippen molar-refractivity contribution in [3.8, 4) is 0 Å². The third-order valence-corrected chi connectivity index (χ3v) is 5.61. The van der Waals surface area contributed by atoms with Crippen LogP contribution < -0.4 is 5.32 Å². The smallest absolute Gasteiger partial charge is 0.253 e. The van der Waals surface area contributed by atoms with Crippen molar-refractivity contribution in [1.82, 2.24) is 9.80 Å². The largest absolute Gasteiger partial charge is 0.345 e. The van der Waals surface area contributed by atoms with Crippen LogP contribution in [-0.2, 0) is 16.1 Å². The molecular weight excluding hydrogens is 398 g/mol. The van der Waals surface area contributed by atoms with Crippen molar-refractivity contribution in [2.75, 3.05) is 26.0 Å². The molecule has 0 aliphatic rings. The highest BCUT2D eigenvalue weighted by Crippen LogP contribution is 2.26. The number of hydrogen-bond donors (Lipinski definition) is 1. The number of rotatable bonds is 8. The molecule has 0 fully saturated rings. The molecule has 0 bridgehead atoms. The van der Waals surface area contributed by atoms with Crippen molar-refractivity contribution in [3.63, 3.8) is 0 Å². The monoisotopic (exact) mass is 427 g/mol. The van der Waals surface area contributed by atoms with Gasteiger partial charge >= 0.3 is 0 Å². The Morgan fingerprint density at radius 3 is 2.10 bits per heavy atom. The first-order chi connectivity index (χ1) is 14.2. The van der Waals surface area contributed by atoms with Crippen LogP contribution in [0, 0.1) is 0 Å². The van der Waals surface area contributed by atoms with E-state index in [0.29, 0.717) is 18.7 Å². The van der Waals surface area contributed by atoms with E-state index < -0.39 is 0 Å². The van der Waals surface area contributed by atoms with Crippen molar-refractivity contribution < 1.29 is 14.4 Å². The minimum absolute atomic E-state index is 0.0421. The Kier molecular flexibility index (Phi) is 8.47. The summed E-state index contributed by atoms with van der Waals surface area (Å²) in [7, 11) is 3.44. The molecule has 7 heteroatoms. The van der Waals surface area contributed by atoms with Gasteiger partial charge in [0.25, 0.3) is 5.91 Å². The molecule has 3 amide bonds. The number of benzene rings is 2. The molecule has 0 spiro atoms. The minimum Gasteiger partial charge on any atom is -0.345 e. The zero-order valence-electron chi connectivity index (χ0n) is 18.1. The molecule has 0 aliphatic carbocycles. The van der Waals surface area contributed by atoms with Crippen LogP contribution in [0.5, 0.6) is 0 Å². The molecule has 160 valence electrons. The molecule has 30 heavy (non-hydrogen) atoms. The van der Waals surface area contributed by atoms with Crippen LogP contribution in [0.4, 0.5) is 5.69 Å². The lowest BCUT2D eigenvalue weighted by Crippen LogP contribution is -2.36. The Bertz CT molecular complexity index is 880. The maximum atomic E-state index is 12.9. The molecule has 1 N–H and O–H groups in total. The Hall–Kier alpha value is -2.80. The second-order valence-electron chi connectivity index (χ2n) is 7.21. The topological polar surface area (TPSA) is 69.7 Å². The fraction of sp³-hybridized carbons (Fsp3) is 0.348. The summed E-state index contributed by atoms with van der Waals surface area (Å²) in [4.78, 5) is 40.4. The molecule has 0 aromatic heterocycles. The molecule has 0 saturated carbocycles. The maximum absolute atomic E-state index is 12.9. The zero-order chi connectivity index (χ0) is 22.3. The molecule has 1 atom stereocenters. The van der Waals surface area contributed by atoms with Gasteiger partial charge in [-0.25, -0.2) is 0 Å². The van der Waals surface area contributed by atoms with Crippen molar-refractivity contribution in [2.45, 2.75) is 37.5 Å². The highest BCUT2D eigenvalue weighted by Gasteiger charge is 2.21. The SMILES string of the molecule is CCN(Cc1ccc(C(=O)N(C)C)cc1)C(=O)C(C)Sc1ccc(NC(C)=O)cc1. The highest BCUT2D eigenvalue weighted by molar-refractivity contribution is 8.00. The van der Waals surface area contributed by atoms with E-state index in [-0.39, 0.29) is 23.0 Å². The standard InChI is InChI=1S/C23H29N3O3S/c1-6-26(15-18-7-9-19(10-8-18)23(29)25(4)5)22(28)16(2)30-21-13-11-20(12-14-21)24-17(3)27/h7-14,16H,6,15H2,1-5H3,(H,24,27). The van der Waals surface area contributed by atoms with Gasteiger partial charge in [-0.05, 0) is 55.8 Å². The average molecular weight is 428 g/mol. The summed E-state index contributed by atoms with van der Waals surface area (Å²) in [6.07, 6.45) is 0. The number of nitrogens with zero attached hydrogens (tertiary/aromatic N) is 2. The quantitative estimate of drug-likeness (QED) is 0.649. The number of amides is 3. The Morgan fingerprint density at radius 2 is 1.60 bits per heavy atom. The second-order valence-corrected chi connectivity index (χ2v) is 8.63. The van der Waals surface area contributed by atoms with Crippen LogP contribution >= 0.6 is 11.8 Å². The molecular formula is C23H29N3O3S. The van der Waals surface area contributed by atoms with Gasteiger partial charge < -0.3 is 15.1 Å². The summed E-state index contributed by atoms with van der Waals surface area (Å²) in [5.74, 6) is -0.0990. The first kappa shape index (κ1) is 23.5. The normalized spacial score (nSPS) is 11.5. The fourth-order valence-corrected chi connectivity index (χ4v) is 3.86. The van der Waals surface area contributed by atoms with Gasteiger partial charge in [0.15, 0.2) is 0 Å². The first-order valence-corrected chi connectivity index (χ1v) is 10.7. The van der Waals surface area contributed by atoms with Gasteiger partial charge in [-0.2, -0.15) is 0 Å². The minimum atomic E-state index is -0.244. The van der Waals surface area contributed by atoms with Crippen molar-refractivity contribution in [3.05, 3.63) is 59.7 Å². The van der Waals surface area contributed by atoms with E-state index in [1.165, 1.54) is 18.7 Å². The Balaban J connectivity index is 1.99. The summed E-state index contributed by atoms with van der Waals surface area (Å²) < 4.78 is 0. The van der Waals surface area contributed by atoms with Gasteiger partial charge in [-0.3, -0.25) is 14.4 Å². The van der Waals surface area contributed by atoms with Crippen molar-refractivity contribution in [1.29, 1.82) is 0 Å². The van der Waals surface area contributed by atoms with E-state index in [1.807, 2.05) is 55.1 Å². The van der Waals surface area contributed by atoms with E-state index in [9.17, 15) is 14.4 Å². The van der Waals surface area contributed by atoms with Crippen molar-refractivity contribution in [2.24, 2.45) is 0 Å². The van der Waals surface area contributed by atoms with Crippen LogP contribution in [-0.4, -0.2) is 53.4 Å². The first-order valence-electron chi connectivity index (χ1n) is 9.85. The average Bonchev–Trinajstić information content (AvgIpc) is 2.72. The van der Waals surface area contributed by atoms with Gasteiger partial charge in [0.1, 0.15) is 0 Å². The van der Waals surface area contributed by atoms with E-state index in [1.54, 1.807) is 31.1 Å². The van der Waals surface area contributed by atoms with Gasteiger partial charge in [0.05, 0.1) is 5.25 Å². The summed E-state index contributed by atoms with van der Waals surface area (Å²) in [6.45, 7) is 6.43. The maximum Gasteiger partial charge on any atom is 0.253 e. The van der Waals surface area contributed by atoms with Gasteiger partial charge in [-0.15, -0.1) is 11.8 Å². The van der Waals surface area contributed by atoms with Crippen LogP contribution in [0.3, 0.4) is 0 Å². The summed E-state index contributed by atoms with van der Waals surface area (Å²) >= 11 is 1.49. The summed E-state index contributed by atoms with van der Waals surface area (Å²) in [6, 6.07) is 14.8. The molecule has 0 heterocycles. The Labute approximate surface area is 182 Å². The van der Waals surface area contributed by atoms with Crippen LogP contribution in [0.15, 0.2) is 53.4 Å². The number of thioether (sulfide) groups is 1. The molecule has 0 aliphatic heterocycles. The molecule has 2 rings (SSSR count). The molecule has 2 aromatic rings. The Morgan fingerprint density at radius 1 is 1.00 bits per heavy atom. The fourth-order valence-electron chi connectivity index (χ4n) is 2.91. The summed E-state index contributed by atoms with van der Waals surface area (Å²) in [5, 5.41) is 2.49. The van der Waals surface area contributed by atoms with Crippen LogP contribution in [0.2, 0.25) is 0 Å². The third-order valence-electron chi connectivity index (χ3n) is 4.51. The number of carbonyl (C=O) groups excluding carboxylic acids is 3. The van der Waals surface area contributed by atoms with Gasteiger partial charge in [0.2, 0.25) is 11.8 Å². The lowest BCUT2D eigenvalue weighted by Gasteiger charge is -2.24. The summed E-state index contributed by atoms with van der Waals surface area (Å²) in [5.41, 5.74) is 2.35. The van der Waals surface area contributed by atoms with E-state index in [4.69, 9.17) is 0 Å². The lowest BCUT2D eigenvalue weighted by molar-refractivity contribution is -0.130. The van der Waals surface area contributed by atoms with Gasteiger partial charge in [0, 0.05) is 50.3 Å². The van der Waals surface area contributed by atoms with Crippen molar-refractivity contribution >= 4 is 35.2 Å². The van der Waals surface area contributed by atoms with Gasteiger partial charge in [-0.1, -0.05) is 12.1 Å². The second kappa shape index (κ2) is 10.8. The number of hydrogen-bond acceptors (Lipinski definition) is 4. The van der Waals surface area contributed by atoms with E-state index >= 15 is 0 Å². The molecule has 0 saturated heterocycles. The number of carbonyl (C=O) groups is 3.